The van der Waals surface area contributed by atoms with Gasteiger partial charge < -0.3 is 15.7 Å². The molecule has 7 rings (SSSR count). The average Bonchev–Trinajstić information content (AvgIpc) is 3.87. The zero-order valence-corrected chi connectivity index (χ0v) is 30.2. The van der Waals surface area contributed by atoms with E-state index in [1.807, 2.05) is 55.4 Å². The molecule has 14 heteroatoms. The Labute approximate surface area is 290 Å². The molecule has 4 aromatic heterocycles. The van der Waals surface area contributed by atoms with Crippen molar-refractivity contribution in [1.82, 2.24) is 50.3 Å². The number of hydrogen-bond donors (Lipinski definition) is 3. The summed E-state index contributed by atoms with van der Waals surface area (Å²) in [6.45, 7) is 15.6. The maximum atomic E-state index is 14.3. The Hall–Kier alpha value is -4.62. The second-order valence-corrected chi connectivity index (χ2v) is 16.4. The molecule has 2 atom stereocenters. The summed E-state index contributed by atoms with van der Waals surface area (Å²) >= 11 is 0. The summed E-state index contributed by atoms with van der Waals surface area (Å²) in [5.41, 5.74) is 1.23. The lowest BCUT2D eigenvalue weighted by atomic mass is 9.77. The summed E-state index contributed by atoms with van der Waals surface area (Å²) in [5, 5.41) is 46.7. The van der Waals surface area contributed by atoms with Crippen LogP contribution in [0.5, 0.6) is 0 Å². The number of nitrogens with zero attached hydrogens (tertiary/aromatic N) is 7. The number of fused-ring (bicyclic) bond motifs is 2. The number of carbonyl (C=O) groups is 3. The van der Waals surface area contributed by atoms with E-state index in [1.165, 1.54) is 0 Å². The number of Topliss-reactive ketones (excluding diaryl/α,β-unsaturated/α-hetero) is 1. The lowest BCUT2D eigenvalue weighted by Crippen LogP contribution is -2.36. The maximum Gasteiger partial charge on any atom is 0.223 e. The van der Waals surface area contributed by atoms with Gasteiger partial charge in [0.05, 0.1) is 28.6 Å². The molecule has 2 saturated carbocycles. The largest absolute Gasteiger partial charge is 0.871 e. The molecule has 3 aliphatic rings. The Bertz CT molecular complexity index is 2110. The molecule has 4 heterocycles. The van der Waals surface area contributed by atoms with Crippen LogP contribution in [0.3, 0.4) is 0 Å². The fourth-order valence-corrected chi connectivity index (χ4v) is 7.75. The van der Waals surface area contributed by atoms with Crippen molar-refractivity contribution in [1.29, 1.82) is 0 Å². The van der Waals surface area contributed by atoms with Crippen LogP contribution in [0.25, 0.3) is 22.4 Å². The molecule has 0 bridgehead atoms. The van der Waals surface area contributed by atoms with Crippen molar-refractivity contribution in [3.63, 3.8) is 0 Å². The Morgan fingerprint density at radius 3 is 1.82 bits per heavy atom. The van der Waals surface area contributed by atoms with Crippen LogP contribution in [0.2, 0.25) is 0 Å². The van der Waals surface area contributed by atoms with E-state index in [0.717, 1.165) is 51.4 Å². The molecule has 50 heavy (non-hydrogen) atoms. The fourth-order valence-electron chi connectivity index (χ4n) is 7.75. The summed E-state index contributed by atoms with van der Waals surface area (Å²) < 4.78 is 3.23. The predicted molar refractivity (Wildman–Crippen MR) is 183 cm³/mol. The van der Waals surface area contributed by atoms with Crippen molar-refractivity contribution >= 4 is 40.0 Å². The van der Waals surface area contributed by atoms with Gasteiger partial charge in [0.2, 0.25) is 11.8 Å². The van der Waals surface area contributed by atoms with Crippen LogP contribution >= 0.6 is 0 Å². The molecule has 2 amide bonds. The van der Waals surface area contributed by atoms with Crippen LogP contribution < -0.4 is 21.0 Å². The number of amides is 2. The Kier molecular flexibility index (Phi) is 8.13. The van der Waals surface area contributed by atoms with Crippen molar-refractivity contribution in [2.75, 3.05) is 0 Å². The van der Waals surface area contributed by atoms with E-state index in [0.29, 0.717) is 45.1 Å². The highest BCUT2D eigenvalue weighted by atomic mass is 16.3. The van der Waals surface area contributed by atoms with Gasteiger partial charge in [0.25, 0.3) is 0 Å². The molecule has 4 aromatic rings. The minimum absolute atomic E-state index is 0.000888. The first-order chi connectivity index (χ1) is 23.6. The third-order valence-corrected chi connectivity index (χ3v) is 10.5. The number of ketones is 1. The number of carbonyl (C=O) groups excluding carboxylic acids is 3. The molecule has 3 aliphatic carbocycles. The van der Waals surface area contributed by atoms with Crippen LogP contribution in [0.1, 0.15) is 147 Å². The van der Waals surface area contributed by atoms with Gasteiger partial charge in [0, 0.05) is 39.5 Å². The van der Waals surface area contributed by atoms with E-state index in [4.69, 9.17) is 5.10 Å². The van der Waals surface area contributed by atoms with Crippen LogP contribution in [-0.2, 0) is 25.2 Å². The summed E-state index contributed by atoms with van der Waals surface area (Å²) in [6, 6.07) is -0.939. The zero-order chi connectivity index (χ0) is 35.9. The van der Waals surface area contributed by atoms with Gasteiger partial charge in [-0.2, -0.15) is 9.61 Å². The van der Waals surface area contributed by atoms with Crippen molar-refractivity contribution in [2.24, 2.45) is 11.8 Å². The third-order valence-electron chi connectivity index (χ3n) is 10.5. The number of allylic oxidation sites excluding steroid dienone is 2. The third kappa shape index (κ3) is 5.47. The lowest BCUT2D eigenvalue weighted by Gasteiger charge is -2.32. The van der Waals surface area contributed by atoms with Crippen LogP contribution in [0.15, 0.2) is 5.76 Å². The number of nitrogens with one attached hydrogen (secondary N) is 3. The van der Waals surface area contributed by atoms with Crippen molar-refractivity contribution in [2.45, 2.75) is 130 Å². The molecule has 2 fully saturated rings. The van der Waals surface area contributed by atoms with E-state index in [1.54, 1.807) is 9.03 Å². The number of hydrogen-bond acceptors (Lipinski definition) is 9. The first kappa shape index (κ1) is 33.9. The Balaban J connectivity index is 1.32. The topological polar surface area (TPSA) is 187 Å². The summed E-state index contributed by atoms with van der Waals surface area (Å²) in [5.74, 6) is 0.0239. The SMILES string of the molecule is CC(NC(=O)C1CCCC1)c1nnc2/c(=C3\C(=O)C(c4c(C(C)(C)C)[nH]n5c(C(C)NC(=O)C6CCCC6)nnc45)=C3[O-])c(C(C)(C)C)nn12. The summed E-state index contributed by atoms with van der Waals surface area (Å²) in [7, 11) is 0. The molecule has 0 aliphatic heterocycles. The normalized spacial score (nSPS) is 20.3. The molecular formula is C36H47N10O4-. The van der Waals surface area contributed by atoms with E-state index in [-0.39, 0.29) is 34.8 Å². The van der Waals surface area contributed by atoms with Gasteiger partial charge in [-0.05, 0) is 39.5 Å². The average molecular weight is 684 g/mol. The minimum atomic E-state index is -0.550. The molecule has 14 nitrogen and oxygen atoms in total. The van der Waals surface area contributed by atoms with Gasteiger partial charge in [0.1, 0.15) is 0 Å². The number of rotatable bonds is 7. The van der Waals surface area contributed by atoms with E-state index >= 15 is 0 Å². The molecule has 0 saturated heterocycles. The van der Waals surface area contributed by atoms with E-state index in [9.17, 15) is 19.5 Å². The second kappa shape index (κ2) is 12.0. The van der Waals surface area contributed by atoms with Gasteiger partial charge in [-0.25, -0.2) is 4.52 Å². The van der Waals surface area contributed by atoms with E-state index in [2.05, 4.69) is 36.1 Å². The van der Waals surface area contributed by atoms with Crippen LogP contribution in [0.4, 0.5) is 0 Å². The van der Waals surface area contributed by atoms with Crippen LogP contribution in [-0.4, -0.2) is 57.2 Å². The van der Waals surface area contributed by atoms with Gasteiger partial charge in [-0.1, -0.05) is 73.0 Å². The zero-order valence-electron chi connectivity index (χ0n) is 30.2. The van der Waals surface area contributed by atoms with Crippen molar-refractivity contribution in [3.8, 4) is 0 Å². The van der Waals surface area contributed by atoms with Gasteiger partial charge in [0.15, 0.2) is 28.7 Å². The van der Waals surface area contributed by atoms with Crippen LogP contribution in [0, 0.1) is 11.8 Å². The Morgan fingerprint density at radius 1 is 0.780 bits per heavy atom. The van der Waals surface area contributed by atoms with Crippen molar-refractivity contribution < 1.29 is 19.5 Å². The molecule has 3 N–H and O–H groups in total. The van der Waals surface area contributed by atoms with Gasteiger partial charge in [-0.3, -0.25) is 19.5 Å². The maximum absolute atomic E-state index is 14.3. The highest BCUT2D eigenvalue weighted by Gasteiger charge is 2.40. The standard InChI is InChI=1S/C36H48N10O4/c1-17(37-33(49)19-13-9-10-14-19)29-39-41-31-23(27(35(3,4)5)43-45(29)31)21-25(47)22(26(21)48)24-28(36(6,7)8)44-46-30(40-42-32(24)46)18(2)38-34(50)20-15-11-12-16-20/h17-20,43,47H,9-16H2,1-8H3,(H,37,49)(H,38,50)/p-1/b24-22-. The lowest BCUT2D eigenvalue weighted by molar-refractivity contribution is -0.292. The highest BCUT2D eigenvalue weighted by molar-refractivity contribution is 6.52. The van der Waals surface area contributed by atoms with Crippen molar-refractivity contribution in [3.05, 3.63) is 39.6 Å². The molecule has 0 spiro atoms. The van der Waals surface area contributed by atoms with Gasteiger partial charge >= 0.3 is 0 Å². The molecular weight excluding hydrogens is 636 g/mol. The fraction of sp³-hybridized carbons (Fsp3) is 0.611. The minimum Gasteiger partial charge on any atom is -0.871 e. The number of aromatic amines is 1. The molecule has 266 valence electrons. The summed E-state index contributed by atoms with van der Waals surface area (Å²) in [4.78, 5) is 40.2. The van der Waals surface area contributed by atoms with E-state index < -0.39 is 34.5 Å². The number of aromatic nitrogens is 8. The monoisotopic (exact) mass is 683 g/mol. The highest BCUT2D eigenvalue weighted by Crippen LogP contribution is 2.42. The quantitative estimate of drug-likeness (QED) is 0.263. The number of H-pyrrole nitrogens is 1. The Morgan fingerprint density at radius 2 is 1.30 bits per heavy atom. The molecule has 2 unspecified atom stereocenters. The molecule has 0 radical (unpaired) electrons. The predicted octanol–water partition coefficient (Wildman–Crippen LogP) is 3.05. The summed E-state index contributed by atoms with van der Waals surface area (Å²) in [6.07, 6.45) is 7.70. The first-order valence-electron chi connectivity index (χ1n) is 17.9. The molecule has 0 aromatic carbocycles. The second-order valence-electron chi connectivity index (χ2n) is 16.4. The first-order valence-corrected chi connectivity index (χ1v) is 17.9. The smallest absolute Gasteiger partial charge is 0.223 e. The van der Waals surface area contributed by atoms with Gasteiger partial charge in [-0.15, -0.1) is 20.4 Å².